The fourth-order valence-electron chi connectivity index (χ4n) is 1.07. The average Bonchev–Trinajstić information content (AvgIpc) is 2.23. The van der Waals surface area contributed by atoms with Crippen LogP contribution < -0.4 is 10.2 Å². The number of hydrogen-bond acceptors (Lipinski definition) is 3. The number of hydroxylamine groups is 1. The van der Waals surface area contributed by atoms with Crippen LogP contribution in [0.5, 0.6) is 5.75 Å². The van der Waals surface area contributed by atoms with Crippen molar-refractivity contribution in [2.45, 2.75) is 6.54 Å². The number of benzene rings is 1. The molecule has 0 radical (unpaired) electrons. The Morgan fingerprint density at radius 2 is 2.07 bits per heavy atom. The Morgan fingerprint density at radius 1 is 1.40 bits per heavy atom. The summed E-state index contributed by atoms with van der Waals surface area (Å²) in [7, 11) is 2.71. The second-order valence-corrected chi connectivity index (χ2v) is 3.49. The Bertz CT molecular complexity index is 360. The van der Waals surface area contributed by atoms with Crippen LogP contribution in [0.15, 0.2) is 10.5 Å². The SMILES string of the molecule is CONCc1c(F)cc(OC)c(Br)c1F. The van der Waals surface area contributed by atoms with E-state index < -0.39 is 11.6 Å². The van der Waals surface area contributed by atoms with Crippen molar-refractivity contribution in [3.63, 3.8) is 0 Å². The highest BCUT2D eigenvalue weighted by Crippen LogP contribution is 2.31. The first-order valence-corrected chi connectivity index (χ1v) is 4.87. The second kappa shape index (κ2) is 5.39. The molecule has 0 amide bonds. The number of hydrogen-bond donors (Lipinski definition) is 1. The number of rotatable bonds is 4. The van der Waals surface area contributed by atoms with Crippen LogP contribution in [0.3, 0.4) is 0 Å². The van der Waals surface area contributed by atoms with Gasteiger partial charge in [-0.15, -0.1) is 0 Å². The Hall–Kier alpha value is -0.720. The zero-order valence-electron chi connectivity index (χ0n) is 8.23. The van der Waals surface area contributed by atoms with Crippen LogP contribution in [0.1, 0.15) is 5.56 Å². The van der Waals surface area contributed by atoms with Crippen molar-refractivity contribution in [3.05, 3.63) is 27.7 Å². The van der Waals surface area contributed by atoms with E-state index in [2.05, 4.69) is 26.2 Å². The predicted molar refractivity (Wildman–Crippen MR) is 54.5 cm³/mol. The van der Waals surface area contributed by atoms with E-state index in [0.717, 1.165) is 6.07 Å². The summed E-state index contributed by atoms with van der Waals surface area (Å²) in [5.41, 5.74) is 2.26. The molecule has 0 aliphatic rings. The average molecular weight is 282 g/mol. The smallest absolute Gasteiger partial charge is 0.148 e. The zero-order valence-corrected chi connectivity index (χ0v) is 9.82. The lowest BCUT2D eigenvalue weighted by molar-refractivity contribution is 0.0850. The normalized spacial score (nSPS) is 10.5. The highest BCUT2D eigenvalue weighted by atomic mass is 79.9. The highest BCUT2D eigenvalue weighted by Gasteiger charge is 2.17. The van der Waals surface area contributed by atoms with E-state index in [0.29, 0.717) is 0 Å². The lowest BCUT2D eigenvalue weighted by Gasteiger charge is -2.10. The lowest BCUT2D eigenvalue weighted by atomic mass is 10.2. The lowest BCUT2D eigenvalue weighted by Crippen LogP contribution is -2.14. The molecule has 0 unspecified atom stereocenters. The van der Waals surface area contributed by atoms with Gasteiger partial charge in [-0.25, -0.2) is 8.78 Å². The third-order valence-corrected chi connectivity index (χ3v) is 2.57. The molecule has 0 heterocycles. The molecular weight excluding hydrogens is 272 g/mol. The van der Waals surface area contributed by atoms with Gasteiger partial charge in [0.15, 0.2) is 0 Å². The molecule has 0 saturated heterocycles. The molecule has 0 atom stereocenters. The molecule has 0 bridgehead atoms. The van der Waals surface area contributed by atoms with Crippen molar-refractivity contribution in [1.82, 2.24) is 5.48 Å². The van der Waals surface area contributed by atoms with Gasteiger partial charge in [-0.2, -0.15) is 5.48 Å². The zero-order chi connectivity index (χ0) is 11.4. The van der Waals surface area contributed by atoms with Gasteiger partial charge in [0, 0.05) is 11.6 Å². The summed E-state index contributed by atoms with van der Waals surface area (Å²) in [4.78, 5) is 4.52. The molecule has 0 saturated carbocycles. The van der Waals surface area contributed by atoms with E-state index in [-0.39, 0.29) is 22.3 Å². The summed E-state index contributed by atoms with van der Waals surface area (Å²) in [5.74, 6) is -1.26. The predicted octanol–water partition coefficient (Wildman–Crippen LogP) is 2.39. The molecule has 0 spiro atoms. The van der Waals surface area contributed by atoms with E-state index in [9.17, 15) is 8.78 Å². The van der Waals surface area contributed by atoms with E-state index >= 15 is 0 Å². The molecule has 0 aliphatic carbocycles. The van der Waals surface area contributed by atoms with Gasteiger partial charge in [0.25, 0.3) is 0 Å². The maximum Gasteiger partial charge on any atom is 0.148 e. The van der Waals surface area contributed by atoms with Gasteiger partial charge in [0.05, 0.1) is 25.2 Å². The van der Waals surface area contributed by atoms with Gasteiger partial charge < -0.3 is 9.57 Å². The Labute approximate surface area is 94.5 Å². The van der Waals surface area contributed by atoms with Crippen LogP contribution >= 0.6 is 15.9 Å². The highest BCUT2D eigenvalue weighted by molar-refractivity contribution is 9.10. The van der Waals surface area contributed by atoms with Crippen molar-refractivity contribution >= 4 is 15.9 Å². The molecule has 1 N–H and O–H groups in total. The topological polar surface area (TPSA) is 30.5 Å². The van der Waals surface area contributed by atoms with Crippen LogP contribution in [-0.4, -0.2) is 14.2 Å². The summed E-state index contributed by atoms with van der Waals surface area (Å²) in [6.07, 6.45) is 0. The second-order valence-electron chi connectivity index (χ2n) is 2.69. The van der Waals surface area contributed by atoms with Crippen molar-refractivity contribution in [3.8, 4) is 5.75 Å². The van der Waals surface area contributed by atoms with Crippen molar-refractivity contribution in [1.29, 1.82) is 0 Å². The molecule has 3 nitrogen and oxygen atoms in total. The minimum atomic E-state index is -0.698. The summed E-state index contributed by atoms with van der Waals surface area (Å²) in [6.45, 7) is -0.0588. The molecule has 84 valence electrons. The fraction of sp³-hybridized carbons (Fsp3) is 0.333. The summed E-state index contributed by atoms with van der Waals surface area (Å²) < 4.78 is 31.8. The van der Waals surface area contributed by atoms with Gasteiger partial charge in [0.2, 0.25) is 0 Å². The van der Waals surface area contributed by atoms with Crippen molar-refractivity contribution < 1.29 is 18.4 Å². The Balaban J connectivity index is 3.11. The molecule has 0 aliphatic heterocycles. The number of halogens is 3. The molecule has 1 aromatic rings. The van der Waals surface area contributed by atoms with Gasteiger partial charge in [-0.3, -0.25) is 0 Å². The van der Waals surface area contributed by atoms with Crippen LogP contribution in [0.25, 0.3) is 0 Å². The first-order valence-electron chi connectivity index (χ1n) is 4.08. The van der Waals surface area contributed by atoms with Gasteiger partial charge in [0.1, 0.15) is 17.4 Å². The fourth-order valence-corrected chi connectivity index (χ4v) is 1.58. The summed E-state index contributed by atoms with van der Waals surface area (Å²) >= 11 is 2.98. The molecule has 1 rings (SSSR count). The summed E-state index contributed by atoms with van der Waals surface area (Å²) in [5, 5.41) is 0. The minimum Gasteiger partial charge on any atom is -0.495 e. The molecule has 1 aromatic carbocycles. The molecule has 0 fully saturated rings. The van der Waals surface area contributed by atoms with E-state index in [1.807, 2.05) is 0 Å². The van der Waals surface area contributed by atoms with Gasteiger partial charge >= 0.3 is 0 Å². The van der Waals surface area contributed by atoms with E-state index in [4.69, 9.17) is 4.74 Å². The van der Waals surface area contributed by atoms with Gasteiger partial charge in [-0.05, 0) is 15.9 Å². The molecule has 6 heteroatoms. The third-order valence-electron chi connectivity index (χ3n) is 1.83. The van der Waals surface area contributed by atoms with Crippen LogP contribution in [0.4, 0.5) is 8.78 Å². The molecular formula is C9H10BrF2NO2. The maximum atomic E-state index is 13.6. The Kier molecular flexibility index (Phi) is 4.44. The number of nitrogens with one attached hydrogen (secondary N) is 1. The van der Waals surface area contributed by atoms with Crippen molar-refractivity contribution in [2.75, 3.05) is 14.2 Å². The third kappa shape index (κ3) is 2.64. The molecule has 15 heavy (non-hydrogen) atoms. The van der Waals surface area contributed by atoms with Crippen LogP contribution in [0, 0.1) is 11.6 Å². The summed E-state index contributed by atoms with van der Waals surface area (Å²) in [6, 6.07) is 1.11. The van der Waals surface area contributed by atoms with Crippen LogP contribution in [0.2, 0.25) is 0 Å². The maximum absolute atomic E-state index is 13.6. The first-order chi connectivity index (χ1) is 7.11. The largest absolute Gasteiger partial charge is 0.495 e. The quantitative estimate of drug-likeness (QED) is 0.679. The first kappa shape index (κ1) is 12.4. The van der Waals surface area contributed by atoms with Crippen molar-refractivity contribution in [2.24, 2.45) is 0 Å². The van der Waals surface area contributed by atoms with Crippen LogP contribution in [-0.2, 0) is 11.4 Å². The molecule has 0 aromatic heterocycles. The van der Waals surface area contributed by atoms with Gasteiger partial charge in [-0.1, -0.05) is 0 Å². The monoisotopic (exact) mass is 281 g/mol. The standard InChI is InChI=1S/C9H10BrF2NO2/c1-14-7-3-6(11)5(4-13-15-2)9(12)8(7)10/h3,13H,4H2,1-2H3. The van der Waals surface area contributed by atoms with E-state index in [1.54, 1.807) is 0 Å². The number of methoxy groups -OCH3 is 1. The minimum absolute atomic E-state index is 0.0588. The van der Waals surface area contributed by atoms with E-state index in [1.165, 1.54) is 14.2 Å². The Morgan fingerprint density at radius 3 is 2.60 bits per heavy atom. The number of ether oxygens (including phenoxy) is 1.